The van der Waals surface area contributed by atoms with Gasteiger partial charge in [-0.1, -0.05) is 12.1 Å². The molecule has 0 saturated carbocycles. The second-order valence-corrected chi connectivity index (χ2v) is 7.73. The fourth-order valence-electron chi connectivity index (χ4n) is 4.22. The van der Waals surface area contributed by atoms with E-state index >= 15 is 0 Å². The summed E-state index contributed by atoms with van der Waals surface area (Å²) in [4.78, 5) is 51.5. The van der Waals surface area contributed by atoms with Crippen LogP contribution in [-0.4, -0.2) is 65.1 Å². The number of benzene rings is 1. The topological polar surface area (TPSA) is 125 Å². The maximum atomic E-state index is 12.9. The van der Waals surface area contributed by atoms with Crippen LogP contribution in [0.5, 0.6) is 0 Å². The molecule has 2 fully saturated rings. The average Bonchev–Trinajstić information content (AvgIpc) is 2.94. The summed E-state index contributed by atoms with van der Waals surface area (Å²) in [6, 6.07) is 5.12. The summed E-state index contributed by atoms with van der Waals surface area (Å²) in [7, 11) is 1.72. The SMILES string of the molecule is CNC1(C(N)=O)CN(Cc2ccc3c(c2)C(=O)N(C2CCC(=O)NC2=O)C3)C1. The molecular weight excluding hydrogens is 362 g/mol. The molecule has 0 spiro atoms. The third kappa shape index (κ3) is 2.96. The largest absolute Gasteiger partial charge is 0.368 e. The Bertz CT molecular complexity index is 877. The molecule has 1 aromatic rings. The van der Waals surface area contributed by atoms with Crippen molar-refractivity contribution < 1.29 is 19.2 Å². The minimum Gasteiger partial charge on any atom is -0.368 e. The van der Waals surface area contributed by atoms with Gasteiger partial charge in [0, 0.05) is 38.2 Å². The lowest BCUT2D eigenvalue weighted by molar-refractivity contribution is -0.137. The molecule has 1 aromatic carbocycles. The van der Waals surface area contributed by atoms with Crippen LogP contribution in [0.25, 0.3) is 0 Å². The van der Waals surface area contributed by atoms with Crippen LogP contribution < -0.4 is 16.4 Å². The fraction of sp³-hybridized carbons (Fsp3) is 0.474. The lowest BCUT2D eigenvalue weighted by Crippen LogP contribution is -2.73. The normalized spacial score (nSPS) is 24.0. The third-order valence-corrected chi connectivity index (χ3v) is 5.94. The molecule has 2 saturated heterocycles. The van der Waals surface area contributed by atoms with Crippen LogP contribution in [0.4, 0.5) is 0 Å². The zero-order chi connectivity index (χ0) is 20.1. The Morgan fingerprint density at radius 2 is 2.07 bits per heavy atom. The van der Waals surface area contributed by atoms with E-state index in [9.17, 15) is 19.2 Å². The van der Waals surface area contributed by atoms with Crippen molar-refractivity contribution in [3.05, 3.63) is 34.9 Å². The Morgan fingerprint density at radius 3 is 2.71 bits per heavy atom. The van der Waals surface area contributed by atoms with E-state index in [0.29, 0.717) is 38.2 Å². The Hall–Kier alpha value is -2.78. The number of nitrogens with zero attached hydrogens (tertiary/aromatic N) is 2. The Labute approximate surface area is 162 Å². The predicted octanol–water partition coefficient (Wildman–Crippen LogP) is -1.29. The van der Waals surface area contributed by atoms with E-state index in [1.807, 2.05) is 18.2 Å². The van der Waals surface area contributed by atoms with Crippen LogP contribution >= 0.6 is 0 Å². The Morgan fingerprint density at radius 1 is 1.32 bits per heavy atom. The zero-order valence-electron chi connectivity index (χ0n) is 15.7. The molecule has 4 amide bonds. The highest BCUT2D eigenvalue weighted by Crippen LogP contribution is 2.29. The number of likely N-dealkylation sites (tertiary alicyclic amines) is 1. The van der Waals surface area contributed by atoms with Crippen molar-refractivity contribution in [1.29, 1.82) is 0 Å². The molecule has 1 atom stereocenters. The van der Waals surface area contributed by atoms with Crippen molar-refractivity contribution >= 4 is 23.6 Å². The average molecular weight is 385 g/mol. The zero-order valence-corrected chi connectivity index (χ0v) is 15.7. The highest BCUT2D eigenvalue weighted by Gasteiger charge is 2.46. The van der Waals surface area contributed by atoms with Gasteiger partial charge >= 0.3 is 0 Å². The summed E-state index contributed by atoms with van der Waals surface area (Å²) >= 11 is 0. The van der Waals surface area contributed by atoms with E-state index in [2.05, 4.69) is 15.5 Å². The van der Waals surface area contributed by atoms with Gasteiger partial charge in [-0.15, -0.1) is 0 Å². The lowest BCUT2D eigenvalue weighted by Gasteiger charge is -2.47. The molecule has 3 aliphatic heterocycles. The number of nitrogens with two attached hydrogens (primary N) is 1. The number of carbonyl (C=O) groups is 4. The number of piperidine rings is 1. The van der Waals surface area contributed by atoms with Gasteiger partial charge in [-0.05, 0) is 30.7 Å². The van der Waals surface area contributed by atoms with E-state index in [0.717, 1.165) is 11.1 Å². The molecule has 148 valence electrons. The van der Waals surface area contributed by atoms with Gasteiger partial charge in [0.1, 0.15) is 11.6 Å². The molecule has 4 rings (SSSR count). The summed E-state index contributed by atoms with van der Waals surface area (Å²) in [5.74, 6) is -1.25. The van der Waals surface area contributed by atoms with E-state index < -0.39 is 17.5 Å². The van der Waals surface area contributed by atoms with Gasteiger partial charge in [0.25, 0.3) is 5.91 Å². The number of hydrogen-bond acceptors (Lipinski definition) is 6. The van der Waals surface area contributed by atoms with Gasteiger partial charge in [-0.3, -0.25) is 29.4 Å². The maximum absolute atomic E-state index is 12.9. The van der Waals surface area contributed by atoms with Crippen molar-refractivity contribution in [3.8, 4) is 0 Å². The first-order valence-corrected chi connectivity index (χ1v) is 9.30. The number of nitrogens with one attached hydrogen (secondary N) is 2. The van der Waals surface area contributed by atoms with Gasteiger partial charge in [0.2, 0.25) is 17.7 Å². The standard InChI is InChI=1S/C19H23N5O4/c1-21-19(18(20)28)9-23(10-19)7-11-2-3-12-8-24(17(27)13(12)6-11)14-4-5-15(25)22-16(14)26/h2-3,6,14,21H,4-5,7-10H2,1H3,(H2,20,28)(H,22,25,26). The van der Waals surface area contributed by atoms with Gasteiger partial charge in [0.05, 0.1) is 0 Å². The molecular formula is C19H23N5O4. The predicted molar refractivity (Wildman–Crippen MR) is 98.7 cm³/mol. The van der Waals surface area contributed by atoms with Crippen molar-refractivity contribution in [2.75, 3.05) is 20.1 Å². The minimum atomic E-state index is -0.685. The van der Waals surface area contributed by atoms with Gasteiger partial charge in [-0.2, -0.15) is 0 Å². The van der Waals surface area contributed by atoms with Crippen molar-refractivity contribution in [3.63, 3.8) is 0 Å². The molecule has 28 heavy (non-hydrogen) atoms. The van der Waals surface area contributed by atoms with Crippen LogP contribution in [0.15, 0.2) is 18.2 Å². The van der Waals surface area contributed by atoms with E-state index in [1.54, 1.807) is 11.9 Å². The quantitative estimate of drug-likeness (QED) is 0.542. The van der Waals surface area contributed by atoms with Crippen LogP contribution in [0.1, 0.15) is 34.3 Å². The first-order valence-electron chi connectivity index (χ1n) is 9.30. The monoisotopic (exact) mass is 385 g/mol. The molecule has 1 unspecified atom stereocenters. The highest BCUT2D eigenvalue weighted by molar-refractivity contribution is 6.05. The number of rotatable bonds is 5. The molecule has 4 N–H and O–H groups in total. The second-order valence-electron chi connectivity index (χ2n) is 7.73. The Balaban J connectivity index is 1.44. The summed E-state index contributed by atoms with van der Waals surface area (Å²) in [5, 5.41) is 5.30. The van der Waals surface area contributed by atoms with Crippen LogP contribution in [0.3, 0.4) is 0 Å². The Kier molecular flexibility index (Phi) is 4.43. The first kappa shape index (κ1) is 18.6. The van der Waals surface area contributed by atoms with Gasteiger partial charge < -0.3 is 16.0 Å². The summed E-state index contributed by atoms with van der Waals surface area (Å²) < 4.78 is 0. The van der Waals surface area contributed by atoms with Crippen molar-refractivity contribution in [1.82, 2.24) is 20.4 Å². The van der Waals surface area contributed by atoms with E-state index in [1.165, 1.54) is 0 Å². The summed E-state index contributed by atoms with van der Waals surface area (Å²) in [5.41, 5.74) is 7.22. The number of primary amides is 1. The van der Waals surface area contributed by atoms with E-state index in [-0.39, 0.29) is 24.1 Å². The highest BCUT2D eigenvalue weighted by atomic mass is 16.2. The smallest absolute Gasteiger partial charge is 0.255 e. The number of likely N-dealkylation sites (N-methyl/N-ethyl adjacent to an activating group) is 1. The molecule has 9 heteroatoms. The van der Waals surface area contributed by atoms with Gasteiger partial charge in [-0.25, -0.2) is 0 Å². The van der Waals surface area contributed by atoms with Crippen molar-refractivity contribution in [2.24, 2.45) is 5.73 Å². The third-order valence-electron chi connectivity index (χ3n) is 5.94. The maximum Gasteiger partial charge on any atom is 0.255 e. The van der Waals surface area contributed by atoms with Crippen LogP contribution in [0, 0.1) is 0 Å². The van der Waals surface area contributed by atoms with Crippen molar-refractivity contribution in [2.45, 2.75) is 37.5 Å². The molecule has 3 aliphatic rings. The molecule has 9 nitrogen and oxygen atoms in total. The first-order chi connectivity index (χ1) is 13.3. The number of amides is 4. The second kappa shape index (κ2) is 6.68. The summed E-state index contributed by atoms with van der Waals surface area (Å²) in [6.07, 6.45) is 0.591. The van der Waals surface area contributed by atoms with E-state index in [4.69, 9.17) is 5.73 Å². The number of fused-ring (bicyclic) bond motifs is 1. The lowest BCUT2D eigenvalue weighted by atomic mass is 9.88. The number of carbonyl (C=O) groups excluding carboxylic acids is 4. The molecule has 0 aromatic heterocycles. The van der Waals surface area contributed by atoms with Crippen LogP contribution in [-0.2, 0) is 27.5 Å². The van der Waals surface area contributed by atoms with Crippen LogP contribution in [0.2, 0.25) is 0 Å². The summed E-state index contributed by atoms with van der Waals surface area (Å²) in [6.45, 7) is 2.02. The number of hydrogen-bond donors (Lipinski definition) is 3. The molecule has 0 radical (unpaired) electrons. The molecule has 0 aliphatic carbocycles. The molecule has 3 heterocycles. The number of imide groups is 1. The fourth-order valence-corrected chi connectivity index (χ4v) is 4.22. The van der Waals surface area contributed by atoms with Gasteiger partial charge in [0.15, 0.2) is 0 Å². The minimum absolute atomic E-state index is 0.184. The molecule has 0 bridgehead atoms.